The maximum absolute atomic E-state index is 3.80. The van der Waals surface area contributed by atoms with Crippen molar-refractivity contribution in [2.75, 3.05) is 6.54 Å². The standard InChI is InChI=1S/C18H29NS/c1-3-13-19-17-11-6-4-5-7-12-18(17)20-16-10-8-9-15(2)14-16/h8-10,14,17-19H,3-7,11-13H2,1-2H3. The van der Waals surface area contributed by atoms with Crippen LogP contribution in [-0.2, 0) is 0 Å². The average molecular weight is 292 g/mol. The third kappa shape index (κ3) is 5.14. The van der Waals surface area contributed by atoms with Crippen LogP contribution < -0.4 is 5.32 Å². The Morgan fingerprint density at radius 1 is 1.15 bits per heavy atom. The minimum absolute atomic E-state index is 0.695. The van der Waals surface area contributed by atoms with E-state index in [4.69, 9.17) is 0 Å². The number of thioether (sulfide) groups is 1. The molecule has 2 heteroatoms. The molecule has 1 nitrogen and oxygen atoms in total. The predicted octanol–water partition coefficient (Wildman–Crippen LogP) is 5.18. The first kappa shape index (κ1) is 15.9. The quantitative estimate of drug-likeness (QED) is 0.802. The summed E-state index contributed by atoms with van der Waals surface area (Å²) in [5, 5.41) is 4.54. The lowest BCUT2D eigenvalue weighted by Crippen LogP contribution is -2.39. The number of benzene rings is 1. The van der Waals surface area contributed by atoms with Crippen LogP contribution in [0.25, 0.3) is 0 Å². The van der Waals surface area contributed by atoms with Gasteiger partial charge in [0.15, 0.2) is 0 Å². The van der Waals surface area contributed by atoms with Crippen LogP contribution in [0.15, 0.2) is 29.2 Å². The van der Waals surface area contributed by atoms with Gasteiger partial charge in [0.25, 0.3) is 0 Å². The first-order chi connectivity index (χ1) is 9.79. The van der Waals surface area contributed by atoms with E-state index in [0.29, 0.717) is 6.04 Å². The van der Waals surface area contributed by atoms with Crippen LogP contribution in [0.1, 0.15) is 57.4 Å². The molecular weight excluding hydrogens is 262 g/mol. The topological polar surface area (TPSA) is 12.0 Å². The molecule has 0 saturated heterocycles. The fourth-order valence-corrected chi connectivity index (χ4v) is 4.46. The second-order valence-corrected chi connectivity index (χ2v) is 7.34. The highest BCUT2D eigenvalue weighted by molar-refractivity contribution is 8.00. The van der Waals surface area contributed by atoms with Gasteiger partial charge in [-0.15, -0.1) is 11.8 Å². The summed E-state index contributed by atoms with van der Waals surface area (Å²) in [6, 6.07) is 9.68. The van der Waals surface area contributed by atoms with Gasteiger partial charge >= 0.3 is 0 Å². The van der Waals surface area contributed by atoms with Crippen LogP contribution in [0.5, 0.6) is 0 Å². The molecule has 1 fully saturated rings. The molecule has 0 aliphatic heterocycles. The second-order valence-electron chi connectivity index (χ2n) is 6.02. The highest BCUT2D eigenvalue weighted by Crippen LogP contribution is 2.33. The Kier molecular flexibility index (Phi) is 6.95. The zero-order chi connectivity index (χ0) is 14.2. The SMILES string of the molecule is CCCNC1CCCCCCC1Sc1cccc(C)c1. The molecule has 0 spiro atoms. The highest BCUT2D eigenvalue weighted by atomic mass is 32.2. The summed E-state index contributed by atoms with van der Waals surface area (Å²) >= 11 is 2.10. The number of hydrogen-bond acceptors (Lipinski definition) is 2. The molecule has 0 heterocycles. The lowest BCUT2D eigenvalue weighted by atomic mass is 9.96. The van der Waals surface area contributed by atoms with Crippen LogP contribution in [0, 0.1) is 6.92 Å². The van der Waals surface area contributed by atoms with E-state index >= 15 is 0 Å². The Morgan fingerprint density at radius 3 is 2.70 bits per heavy atom. The molecule has 112 valence electrons. The van der Waals surface area contributed by atoms with E-state index in [1.807, 2.05) is 0 Å². The molecular formula is C18H29NS. The van der Waals surface area contributed by atoms with Crippen molar-refractivity contribution in [3.05, 3.63) is 29.8 Å². The molecule has 2 atom stereocenters. The second kappa shape index (κ2) is 8.74. The van der Waals surface area contributed by atoms with Crippen LogP contribution in [0.4, 0.5) is 0 Å². The zero-order valence-electron chi connectivity index (χ0n) is 13.0. The van der Waals surface area contributed by atoms with Crippen molar-refractivity contribution in [1.82, 2.24) is 5.32 Å². The molecule has 1 aliphatic carbocycles. The number of rotatable bonds is 5. The van der Waals surface area contributed by atoms with Crippen molar-refractivity contribution < 1.29 is 0 Å². The van der Waals surface area contributed by atoms with E-state index in [0.717, 1.165) is 11.8 Å². The summed E-state index contributed by atoms with van der Waals surface area (Å²) in [4.78, 5) is 1.44. The first-order valence-corrected chi connectivity index (χ1v) is 9.14. The number of hydrogen-bond donors (Lipinski definition) is 1. The van der Waals surface area contributed by atoms with E-state index in [-0.39, 0.29) is 0 Å². The molecule has 2 unspecified atom stereocenters. The van der Waals surface area contributed by atoms with Crippen molar-refractivity contribution in [1.29, 1.82) is 0 Å². The Labute approximate surface area is 128 Å². The maximum atomic E-state index is 3.80. The fraction of sp³-hybridized carbons (Fsp3) is 0.667. The number of aryl methyl sites for hydroxylation is 1. The molecule has 1 aromatic carbocycles. The Balaban J connectivity index is 2.01. The van der Waals surface area contributed by atoms with Gasteiger partial charge < -0.3 is 5.32 Å². The van der Waals surface area contributed by atoms with Crippen LogP contribution in [0.2, 0.25) is 0 Å². The molecule has 0 bridgehead atoms. The highest BCUT2D eigenvalue weighted by Gasteiger charge is 2.23. The third-order valence-corrected chi connectivity index (χ3v) is 5.53. The van der Waals surface area contributed by atoms with E-state index in [1.54, 1.807) is 0 Å². The summed E-state index contributed by atoms with van der Waals surface area (Å²) in [7, 11) is 0. The molecule has 20 heavy (non-hydrogen) atoms. The van der Waals surface area contributed by atoms with Gasteiger partial charge in [-0.2, -0.15) is 0 Å². The van der Waals surface area contributed by atoms with Gasteiger partial charge in [0.1, 0.15) is 0 Å². The van der Waals surface area contributed by atoms with Gasteiger partial charge in [0, 0.05) is 16.2 Å². The first-order valence-electron chi connectivity index (χ1n) is 8.26. The van der Waals surface area contributed by atoms with Crippen LogP contribution in [-0.4, -0.2) is 17.8 Å². The molecule has 0 aromatic heterocycles. The molecule has 0 amide bonds. The summed E-state index contributed by atoms with van der Waals surface area (Å²) in [6.07, 6.45) is 9.58. The Morgan fingerprint density at radius 2 is 1.95 bits per heavy atom. The van der Waals surface area contributed by atoms with Gasteiger partial charge in [-0.25, -0.2) is 0 Å². The maximum Gasteiger partial charge on any atom is 0.0248 e. The normalized spacial score (nSPS) is 24.1. The predicted molar refractivity (Wildman–Crippen MR) is 90.6 cm³/mol. The van der Waals surface area contributed by atoms with Crippen molar-refractivity contribution in [3.63, 3.8) is 0 Å². The minimum atomic E-state index is 0.695. The van der Waals surface area contributed by atoms with Crippen LogP contribution >= 0.6 is 11.8 Å². The molecule has 1 aromatic rings. The summed E-state index contributed by atoms with van der Waals surface area (Å²) < 4.78 is 0. The van der Waals surface area contributed by atoms with E-state index in [2.05, 4.69) is 55.2 Å². The lowest BCUT2D eigenvalue weighted by molar-refractivity contribution is 0.400. The third-order valence-electron chi connectivity index (χ3n) is 4.14. The Hall–Kier alpha value is -0.470. The zero-order valence-corrected chi connectivity index (χ0v) is 13.8. The van der Waals surface area contributed by atoms with Crippen molar-refractivity contribution in [2.24, 2.45) is 0 Å². The van der Waals surface area contributed by atoms with Crippen molar-refractivity contribution >= 4 is 11.8 Å². The Bertz CT molecular complexity index is 389. The minimum Gasteiger partial charge on any atom is -0.313 e. The van der Waals surface area contributed by atoms with Crippen molar-refractivity contribution in [3.8, 4) is 0 Å². The van der Waals surface area contributed by atoms with E-state index in [9.17, 15) is 0 Å². The molecule has 0 radical (unpaired) electrons. The van der Waals surface area contributed by atoms with Gasteiger partial charge in [-0.05, 0) is 44.9 Å². The molecule has 1 aliphatic rings. The summed E-state index contributed by atoms with van der Waals surface area (Å²) in [6.45, 7) is 5.61. The van der Waals surface area contributed by atoms with Gasteiger partial charge in [0.05, 0.1) is 0 Å². The van der Waals surface area contributed by atoms with Crippen molar-refractivity contribution in [2.45, 2.75) is 75.0 Å². The average Bonchev–Trinajstić information content (AvgIpc) is 2.41. The van der Waals surface area contributed by atoms with Gasteiger partial charge in [-0.3, -0.25) is 0 Å². The number of nitrogens with one attached hydrogen (secondary N) is 1. The fourth-order valence-electron chi connectivity index (χ4n) is 3.02. The van der Waals surface area contributed by atoms with E-state index in [1.165, 1.54) is 55.4 Å². The largest absolute Gasteiger partial charge is 0.313 e. The molecule has 1 saturated carbocycles. The van der Waals surface area contributed by atoms with Gasteiger partial charge in [-0.1, -0.05) is 50.3 Å². The summed E-state index contributed by atoms with van der Waals surface area (Å²) in [5.74, 6) is 0. The lowest BCUT2D eigenvalue weighted by Gasteiger charge is -2.30. The monoisotopic (exact) mass is 291 g/mol. The summed E-state index contributed by atoms with van der Waals surface area (Å²) in [5.41, 5.74) is 1.37. The smallest absolute Gasteiger partial charge is 0.0248 e. The van der Waals surface area contributed by atoms with Gasteiger partial charge in [0.2, 0.25) is 0 Å². The molecule has 2 rings (SSSR count). The molecule has 1 N–H and O–H groups in total. The van der Waals surface area contributed by atoms with Crippen LogP contribution in [0.3, 0.4) is 0 Å². The van der Waals surface area contributed by atoms with E-state index < -0.39 is 0 Å².